The summed E-state index contributed by atoms with van der Waals surface area (Å²) < 4.78 is 35.3. The van der Waals surface area contributed by atoms with Crippen molar-refractivity contribution in [3.05, 3.63) is 48.5 Å². The predicted octanol–water partition coefficient (Wildman–Crippen LogP) is 2.01. The number of sulfonamides is 1. The zero-order valence-corrected chi connectivity index (χ0v) is 18.9. The van der Waals surface area contributed by atoms with Crippen molar-refractivity contribution in [3.63, 3.8) is 0 Å². The molecule has 1 heterocycles. The lowest BCUT2D eigenvalue weighted by Crippen LogP contribution is -2.50. The fraction of sp³-hybridized carbons (Fsp3) is 0.409. The van der Waals surface area contributed by atoms with Crippen molar-refractivity contribution >= 4 is 27.0 Å². The molecule has 2 saturated carbocycles. The maximum absolute atomic E-state index is 13.3. The van der Waals surface area contributed by atoms with Crippen molar-refractivity contribution in [2.45, 2.75) is 36.9 Å². The van der Waals surface area contributed by atoms with Crippen LogP contribution >= 0.6 is 0 Å². The first-order chi connectivity index (χ1) is 15.9. The molecule has 2 aromatic carbocycles. The van der Waals surface area contributed by atoms with E-state index in [0.717, 1.165) is 30.3 Å². The first-order valence-electron chi connectivity index (χ1n) is 10.8. The van der Waals surface area contributed by atoms with Gasteiger partial charge < -0.3 is 4.74 Å². The van der Waals surface area contributed by atoms with Crippen LogP contribution in [0.1, 0.15) is 19.3 Å². The summed E-state index contributed by atoms with van der Waals surface area (Å²) in [6, 6.07) is 13.2. The Morgan fingerprint density at radius 1 is 1.18 bits per heavy atom. The van der Waals surface area contributed by atoms with Crippen LogP contribution in [-0.2, 0) is 21.5 Å². The third kappa shape index (κ3) is 3.75. The molecule has 5 rings (SSSR count). The van der Waals surface area contributed by atoms with Crippen LogP contribution in [-0.4, -0.2) is 51.9 Å². The second kappa shape index (κ2) is 8.40. The van der Waals surface area contributed by atoms with Crippen molar-refractivity contribution < 1.29 is 23.2 Å². The van der Waals surface area contributed by atoms with E-state index >= 15 is 0 Å². The number of para-hydroxylation sites is 1. The average Bonchev–Trinajstić information content (AvgIpc) is 3.56. The molecule has 1 aromatic heterocycles. The Morgan fingerprint density at radius 2 is 1.91 bits per heavy atom. The number of aromatic nitrogens is 3. The van der Waals surface area contributed by atoms with Gasteiger partial charge in [-0.05, 0) is 67.5 Å². The molecule has 33 heavy (non-hydrogen) atoms. The molecule has 0 radical (unpaired) electrons. The number of ether oxygens (including phenoxy) is 1. The molecule has 174 valence electrons. The third-order valence-corrected chi connectivity index (χ3v) is 8.85. The van der Waals surface area contributed by atoms with E-state index in [0.29, 0.717) is 5.75 Å². The second-order valence-corrected chi connectivity index (χ2v) is 10.7. The highest BCUT2D eigenvalue weighted by Gasteiger charge is 2.54. The number of amides is 1. The number of carbonyl (C=O) groups is 1. The van der Waals surface area contributed by atoms with Crippen LogP contribution in [0.5, 0.6) is 5.75 Å². The van der Waals surface area contributed by atoms with Crippen LogP contribution in [0.2, 0.25) is 0 Å². The van der Waals surface area contributed by atoms with E-state index in [1.807, 2.05) is 24.3 Å². The van der Waals surface area contributed by atoms with Gasteiger partial charge in [0.25, 0.3) is 0 Å². The molecule has 2 unspecified atom stereocenters. The number of nitrogens with zero attached hydrogens (tertiary/aromatic N) is 4. The molecule has 11 heteroatoms. The molecule has 0 aliphatic heterocycles. The fourth-order valence-corrected chi connectivity index (χ4v) is 6.85. The highest BCUT2D eigenvalue weighted by Crippen LogP contribution is 2.51. The Hall–Kier alpha value is -3.02. The number of benzene rings is 2. The topological polar surface area (TPSA) is 127 Å². The van der Waals surface area contributed by atoms with Crippen molar-refractivity contribution in [1.29, 1.82) is 0 Å². The van der Waals surface area contributed by atoms with E-state index in [2.05, 4.69) is 10.3 Å². The molecule has 2 aliphatic carbocycles. The Bertz CT molecular complexity index is 1280. The maximum Gasteiger partial charge on any atom is 0.248 e. The number of hydrogen-bond donors (Lipinski definition) is 2. The summed E-state index contributed by atoms with van der Waals surface area (Å²) in [4.78, 5) is 12.4. The lowest BCUT2D eigenvalue weighted by molar-refractivity contribution is -0.136. The highest BCUT2D eigenvalue weighted by molar-refractivity contribution is 7.89. The molecule has 1 amide bonds. The number of hydroxylamine groups is 1. The van der Waals surface area contributed by atoms with Gasteiger partial charge in [-0.3, -0.25) is 10.0 Å². The van der Waals surface area contributed by atoms with Crippen molar-refractivity contribution in [2.24, 2.45) is 17.8 Å². The number of rotatable bonds is 7. The van der Waals surface area contributed by atoms with Gasteiger partial charge in [-0.25, -0.2) is 18.6 Å². The van der Waals surface area contributed by atoms with Gasteiger partial charge in [0.15, 0.2) is 6.73 Å². The summed E-state index contributed by atoms with van der Waals surface area (Å²) in [6.07, 6.45) is 2.56. The van der Waals surface area contributed by atoms with Gasteiger partial charge in [-0.1, -0.05) is 17.3 Å². The molecule has 2 bridgehead atoms. The molecule has 0 saturated heterocycles. The van der Waals surface area contributed by atoms with Gasteiger partial charge in [0.05, 0.1) is 16.3 Å². The number of hydrogen-bond acceptors (Lipinski definition) is 7. The van der Waals surface area contributed by atoms with Crippen LogP contribution in [0, 0.1) is 17.8 Å². The summed E-state index contributed by atoms with van der Waals surface area (Å²) in [6.45, 7) is 0.135. The van der Waals surface area contributed by atoms with Crippen LogP contribution in [0.15, 0.2) is 53.4 Å². The zero-order valence-electron chi connectivity index (χ0n) is 18.0. The Morgan fingerprint density at radius 3 is 2.67 bits per heavy atom. The standard InChI is InChI=1S/C22H25N5O5S/c1-26(21-15-7-6-14(12-15)20(21)22(28)24-29)33(30,31)17-10-8-16(9-11-17)32-13-27-19-5-3-2-4-18(19)23-25-27/h2-5,8-11,14-15,20-21,29H,6-7,12-13H2,1H3,(H,24,28)/t14?,15?,20-,21+/m1/s1. The summed E-state index contributed by atoms with van der Waals surface area (Å²) in [5, 5.41) is 17.3. The minimum Gasteiger partial charge on any atom is -0.471 e. The minimum atomic E-state index is -3.83. The van der Waals surface area contributed by atoms with E-state index in [1.54, 1.807) is 22.3 Å². The Balaban J connectivity index is 1.31. The van der Waals surface area contributed by atoms with E-state index in [9.17, 15) is 13.2 Å². The number of nitrogens with one attached hydrogen (secondary N) is 1. The third-order valence-electron chi connectivity index (χ3n) is 6.98. The minimum absolute atomic E-state index is 0.0912. The van der Waals surface area contributed by atoms with Crippen molar-refractivity contribution in [2.75, 3.05) is 7.05 Å². The summed E-state index contributed by atoms with van der Waals surface area (Å²) >= 11 is 0. The average molecular weight is 472 g/mol. The Kier molecular flexibility index (Phi) is 5.55. The zero-order chi connectivity index (χ0) is 23.2. The van der Waals surface area contributed by atoms with E-state index in [-0.39, 0.29) is 23.5 Å². The van der Waals surface area contributed by atoms with Gasteiger partial charge in [-0.2, -0.15) is 4.31 Å². The molecule has 10 nitrogen and oxygen atoms in total. The molecular formula is C22H25N5O5S. The molecule has 0 spiro atoms. The molecule has 3 aromatic rings. The monoisotopic (exact) mass is 471 g/mol. The quantitative estimate of drug-likeness (QED) is 0.399. The normalized spacial score (nSPS) is 24.5. The molecule has 2 aliphatic rings. The van der Waals surface area contributed by atoms with E-state index in [4.69, 9.17) is 9.94 Å². The molecule has 2 fully saturated rings. The number of fused-ring (bicyclic) bond motifs is 3. The van der Waals surface area contributed by atoms with Crippen LogP contribution in [0.3, 0.4) is 0 Å². The molecule has 2 N–H and O–H groups in total. The van der Waals surface area contributed by atoms with Crippen LogP contribution < -0.4 is 10.2 Å². The molecular weight excluding hydrogens is 446 g/mol. The Labute approximate surface area is 191 Å². The number of carbonyl (C=O) groups excluding carboxylic acids is 1. The smallest absolute Gasteiger partial charge is 0.248 e. The van der Waals surface area contributed by atoms with Gasteiger partial charge in [0, 0.05) is 13.1 Å². The van der Waals surface area contributed by atoms with Gasteiger partial charge in [0.2, 0.25) is 15.9 Å². The first kappa shape index (κ1) is 21.8. The van der Waals surface area contributed by atoms with Crippen LogP contribution in [0.25, 0.3) is 11.0 Å². The highest BCUT2D eigenvalue weighted by atomic mass is 32.2. The van der Waals surface area contributed by atoms with Gasteiger partial charge >= 0.3 is 0 Å². The maximum atomic E-state index is 13.3. The lowest BCUT2D eigenvalue weighted by atomic mass is 9.84. The second-order valence-electron chi connectivity index (χ2n) is 8.67. The predicted molar refractivity (Wildman–Crippen MR) is 118 cm³/mol. The van der Waals surface area contributed by atoms with Crippen molar-refractivity contribution in [1.82, 2.24) is 24.8 Å². The summed E-state index contributed by atoms with van der Waals surface area (Å²) in [5.41, 5.74) is 3.33. The summed E-state index contributed by atoms with van der Waals surface area (Å²) in [5.74, 6) is -0.369. The SMILES string of the molecule is CN([C@H]1C2CCC(C2)[C@H]1C(=O)NO)S(=O)(=O)c1ccc(OCn2nnc3ccccc32)cc1. The largest absolute Gasteiger partial charge is 0.471 e. The summed E-state index contributed by atoms with van der Waals surface area (Å²) in [7, 11) is -2.32. The molecule has 4 atom stereocenters. The van der Waals surface area contributed by atoms with Gasteiger partial charge in [-0.15, -0.1) is 5.10 Å². The first-order valence-corrected chi connectivity index (χ1v) is 12.3. The lowest BCUT2D eigenvalue weighted by Gasteiger charge is -2.35. The van der Waals surface area contributed by atoms with E-state index in [1.165, 1.54) is 23.5 Å². The van der Waals surface area contributed by atoms with Crippen LogP contribution in [0.4, 0.5) is 0 Å². The fourth-order valence-electron chi connectivity index (χ4n) is 5.41. The van der Waals surface area contributed by atoms with Crippen molar-refractivity contribution in [3.8, 4) is 5.75 Å². The van der Waals surface area contributed by atoms with E-state index < -0.39 is 27.9 Å². The van der Waals surface area contributed by atoms with Gasteiger partial charge in [0.1, 0.15) is 11.3 Å².